The predicted molar refractivity (Wildman–Crippen MR) is 70.8 cm³/mol. The second-order valence-electron chi connectivity index (χ2n) is 4.04. The molecule has 0 unspecified atom stereocenters. The van der Waals surface area contributed by atoms with Gasteiger partial charge in [0.1, 0.15) is 6.04 Å². The Morgan fingerprint density at radius 3 is 2.83 bits per heavy atom. The van der Waals surface area contributed by atoms with Crippen LogP contribution in [-0.2, 0) is 4.79 Å². The molecular formula is C11H12BrN3O3. The highest BCUT2D eigenvalue weighted by molar-refractivity contribution is 9.10. The SMILES string of the molecule is C[C@@H]1Nc2ccc(Br)cc2NC(=O)[C@H]1NC(=O)O. The van der Waals surface area contributed by atoms with Crippen LogP contribution in [-0.4, -0.2) is 29.2 Å². The number of carbonyl (C=O) groups excluding carboxylic acids is 1. The van der Waals surface area contributed by atoms with Crippen LogP contribution in [0.25, 0.3) is 0 Å². The number of amides is 2. The third-order valence-electron chi connectivity index (χ3n) is 2.68. The molecule has 2 rings (SSSR count). The first-order valence-corrected chi connectivity index (χ1v) is 6.13. The Labute approximate surface area is 112 Å². The van der Waals surface area contributed by atoms with Crippen molar-refractivity contribution in [2.75, 3.05) is 10.6 Å². The molecule has 18 heavy (non-hydrogen) atoms. The van der Waals surface area contributed by atoms with E-state index in [2.05, 4.69) is 31.9 Å². The number of halogens is 1. The maximum Gasteiger partial charge on any atom is 0.405 e. The highest BCUT2D eigenvalue weighted by Gasteiger charge is 2.30. The van der Waals surface area contributed by atoms with Gasteiger partial charge >= 0.3 is 6.09 Å². The highest BCUT2D eigenvalue weighted by atomic mass is 79.9. The van der Waals surface area contributed by atoms with E-state index >= 15 is 0 Å². The molecule has 0 aromatic heterocycles. The molecule has 0 spiro atoms. The zero-order valence-electron chi connectivity index (χ0n) is 9.53. The lowest BCUT2D eigenvalue weighted by Gasteiger charge is -2.20. The van der Waals surface area contributed by atoms with Crippen LogP contribution in [0.1, 0.15) is 6.92 Å². The molecule has 1 aliphatic rings. The van der Waals surface area contributed by atoms with Gasteiger partial charge in [0.15, 0.2) is 0 Å². The summed E-state index contributed by atoms with van der Waals surface area (Å²) in [6, 6.07) is 4.24. The van der Waals surface area contributed by atoms with Gasteiger partial charge in [-0.15, -0.1) is 0 Å². The Balaban J connectivity index is 2.31. The van der Waals surface area contributed by atoms with Crippen molar-refractivity contribution in [3.8, 4) is 0 Å². The van der Waals surface area contributed by atoms with E-state index in [4.69, 9.17) is 5.11 Å². The number of carboxylic acid groups (broad SMARTS) is 1. The minimum absolute atomic E-state index is 0.344. The molecule has 2 amide bonds. The molecule has 96 valence electrons. The summed E-state index contributed by atoms with van der Waals surface area (Å²) in [6.45, 7) is 1.75. The lowest BCUT2D eigenvalue weighted by molar-refractivity contribution is -0.118. The quantitative estimate of drug-likeness (QED) is 0.637. The van der Waals surface area contributed by atoms with Gasteiger partial charge in [-0.1, -0.05) is 15.9 Å². The van der Waals surface area contributed by atoms with Gasteiger partial charge in [0.05, 0.1) is 17.4 Å². The molecule has 1 aromatic carbocycles. The summed E-state index contributed by atoms with van der Waals surface area (Å²) in [5.74, 6) is -0.380. The van der Waals surface area contributed by atoms with Crippen LogP contribution >= 0.6 is 15.9 Å². The molecular weight excluding hydrogens is 302 g/mol. The van der Waals surface area contributed by atoms with E-state index in [0.29, 0.717) is 5.69 Å². The largest absolute Gasteiger partial charge is 0.465 e. The maximum absolute atomic E-state index is 11.9. The molecule has 7 heteroatoms. The third kappa shape index (κ3) is 2.56. The lowest BCUT2D eigenvalue weighted by atomic mass is 10.1. The number of anilines is 2. The smallest absolute Gasteiger partial charge is 0.405 e. The van der Waals surface area contributed by atoms with E-state index in [1.54, 1.807) is 13.0 Å². The van der Waals surface area contributed by atoms with Gasteiger partial charge in [0, 0.05) is 4.47 Å². The minimum atomic E-state index is -1.23. The Morgan fingerprint density at radius 2 is 2.17 bits per heavy atom. The molecule has 0 bridgehead atoms. The van der Waals surface area contributed by atoms with Crippen LogP contribution in [0.3, 0.4) is 0 Å². The number of carbonyl (C=O) groups is 2. The van der Waals surface area contributed by atoms with Gasteiger partial charge in [0.25, 0.3) is 0 Å². The first-order chi connectivity index (χ1) is 8.47. The van der Waals surface area contributed by atoms with E-state index < -0.39 is 12.1 Å². The highest BCUT2D eigenvalue weighted by Crippen LogP contribution is 2.29. The van der Waals surface area contributed by atoms with Crippen molar-refractivity contribution >= 4 is 39.3 Å². The third-order valence-corrected chi connectivity index (χ3v) is 3.18. The average Bonchev–Trinajstić information content (AvgIpc) is 2.38. The minimum Gasteiger partial charge on any atom is -0.465 e. The fraction of sp³-hybridized carbons (Fsp3) is 0.273. The Bertz CT molecular complexity index is 506. The molecule has 2 atom stereocenters. The van der Waals surface area contributed by atoms with Crippen LogP contribution in [0.2, 0.25) is 0 Å². The molecule has 0 saturated carbocycles. The number of hydrogen-bond acceptors (Lipinski definition) is 3. The number of nitrogens with one attached hydrogen (secondary N) is 3. The van der Waals surface area contributed by atoms with Crippen molar-refractivity contribution in [2.45, 2.75) is 19.0 Å². The molecule has 6 nitrogen and oxygen atoms in total. The zero-order chi connectivity index (χ0) is 13.3. The summed E-state index contributed by atoms with van der Waals surface area (Å²) < 4.78 is 0.834. The normalized spacial score (nSPS) is 22.2. The van der Waals surface area contributed by atoms with E-state index in [-0.39, 0.29) is 11.9 Å². The average molecular weight is 314 g/mol. The number of benzene rings is 1. The molecule has 1 heterocycles. The summed E-state index contributed by atoms with van der Waals surface area (Å²) in [5, 5.41) is 16.7. The van der Waals surface area contributed by atoms with Crippen molar-refractivity contribution in [1.82, 2.24) is 5.32 Å². The van der Waals surface area contributed by atoms with Crippen molar-refractivity contribution in [2.24, 2.45) is 0 Å². The van der Waals surface area contributed by atoms with Crippen molar-refractivity contribution in [3.63, 3.8) is 0 Å². The molecule has 0 aliphatic carbocycles. The molecule has 1 aromatic rings. The fourth-order valence-corrected chi connectivity index (χ4v) is 2.20. The molecule has 0 fully saturated rings. The van der Waals surface area contributed by atoms with Crippen LogP contribution < -0.4 is 16.0 Å². The lowest BCUT2D eigenvalue weighted by Crippen LogP contribution is -2.50. The monoisotopic (exact) mass is 313 g/mol. The van der Waals surface area contributed by atoms with Crippen LogP contribution in [0.5, 0.6) is 0 Å². The Morgan fingerprint density at radius 1 is 1.44 bits per heavy atom. The van der Waals surface area contributed by atoms with Gasteiger partial charge in [0.2, 0.25) is 5.91 Å². The first kappa shape index (κ1) is 12.7. The van der Waals surface area contributed by atoms with Gasteiger partial charge in [-0.05, 0) is 25.1 Å². The van der Waals surface area contributed by atoms with Crippen LogP contribution in [0, 0.1) is 0 Å². The van der Waals surface area contributed by atoms with E-state index in [9.17, 15) is 9.59 Å². The number of fused-ring (bicyclic) bond motifs is 1. The first-order valence-electron chi connectivity index (χ1n) is 5.34. The summed E-state index contributed by atoms with van der Waals surface area (Å²) in [5.41, 5.74) is 1.38. The summed E-state index contributed by atoms with van der Waals surface area (Å²) in [4.78, 5) is 22.6. The summed E-state index contributed by atoms with van der Waals surface area (Å²) in [7, 11) is 0. The topological polar surface area (TPSA) is 90.5 Å². The summed E-state index contributed by atoms with van der Waals surface area (Å²) in [6.07, 6.45) is -1.23. The van der Waals surface area contributed by atoms with Gasteiger partial charge < -0.3 is 21.1 Å². The van der Waals surface area contributed by atoms with E-state index in [0.717, 1.165) is 10.2 Å². The zero-order valence-corrected chi connectivity index (χ0v) is 11.1. The fourth-order valence-electron chi connectivity index (χ4n) is 1.84. The Kier molecular flexibility index (Phi) is 3.42. The molecule has 0 saturated heterocycles. The standard InChI is InChI=1S/C11H12BrN3O3/c1-5-9(15-11(17)18)10(16)14-8-4-6(12)2-3-7(8)13-5/h2-5,9,13,15H,1H3,(H,14,16)(H,17,18)/t5-,9-/m0/s1. The number of hydrogen-bond donors (Lipinski definition) is 4. The van der Waals surface area contributed by atoms with Gasteiger partial charge in [-0.3, -0.25) is 4.79 Å². The predicted octanol–water partition coefficient (Wildman–Crippen LogP) is 1.84. The second kappa shape index (κ2) is 4.85. The van der Waals surface area contributed by atoms with Crippen LogP contribution in [0.15, 0.2) is 22.7 Å². The molecule has 1 aliphatic heterocycles. The molecule has 0 radical (unpaired) electrons. The molecule has 4 N–H and O–H groups in total. The van der Waals surface area contributed by atoms with Gasteiger partial charge in [-0.2, -0.15) is 0 Å². The van der Waals surface area contributed by atoms with E-state index in [1.165, 1.54) is 0 Å². The second-order valence-corrected chi connectivity index (χ2v) is 4.96. The van der Waals surface area contributed by atoms with Crippen LogP contribution in [0.4, 0.5) is 16.2 Å². The maximum atomic E-state index is 11.9. The van der Waals surface area contributed by atoms with Crippen molar-refractivity contribution in [3.05, 3.63) is 22.7 Å². The number of rotatable bonds is 1. The van der Waals surface area contributed by atoms with Crippen molar-refractivity contribution < 1.29 is 14.7 Å². The summed E-state index contributed by atoms with van der Waals surface area (Å²) >= 11 is 3.32. The van der Waals surface area contributed by atoms with E-state index in [1.807, 2.05) is 12.1 Å². The Hall–Kier alpha value is -1.76. The van der Waals surface area contributed by atoms with Gasteiger partial charge in [-0.25, -0.2) is 4.79 Å². The van der Waals surface area contributed by atoms with Crippen molar-refractivity contribution in [1.29, 1.82) is 0 Å².